The number of piperazine rings is 1. The first-order valence-electron chi connectivity index (χ1n) is 6.27. The predicted molar refractivity (Wildman–Crippen MR) is 72.3 cm³/mol. The van der Waals surface area contributed by atoms with Gasteiger partial charge in [-0.05, 0) is 25.6 Å². The Hall–Kier alpha value is -1.80. The molecule has 0 aliphatic carbocycles. The van der Waals surface area contributed by atoms with Gasteiger partial charge in [0.25, 0.3) is 0 Å². The molecule has 2 N–H and O–H groups in total. The molecule has 0 saturated carbocycles. The number of nitrogens with two attached hydrogens (primary N) is 1. The van der Waals surface area contributed by atoms with E-state index < -0.39 is 0 Å². The quantitative estimate of drug-likeness (QED) is 0.844. The highest BCUT2D eigenvalue weighted by Crippen LogP contribution is 2.20. The maximum atomic E-state index is 8.96. The van der Waals surface area contributed by atoms with Crippen LogP contribution in [0, 0.1) is 11.3 Å². The first kappa shape index (κ1) is 12.7. The van der Waals surface area contributed by atoms with Crippen molar-refractivity contribution in [3.8, 4) is 6.07 Å². The summed E-state index contributed by atoms with van der Waals surface area (Å²) in [4.78, 5) is 8.93. The van der Waals surface area contributed by atoms with E-state index in [4.69, 9.17) is 11.0 Å². The summed E-state index contributed by atoms with van der Waals surface area (Å²) in [6.45, 7) is 5.11. The van der Waals surface area contributed by atoms with Crippen molar-refractivity contribution < 1.29 is 0 Å². The van der Waals surface area contributed by atoms with Crippen LogP contribution in [0.15, 0.2) is 12.1 Å². The number of hydrogen-bond acceptors (Lipinski definition) is 5. The summed E-state index contributed by atoms with van der Waals surface area (Å²) in [6.07, 6.45) is 1.12. The number of pyridine rings is 1. The van der Waals surface area contributed by atoms with Crippen LogP contribution in [0.2, 0.25) is 0 Å². The van der Waals surface area contributed by atoms with Crippen LogP contribution in [0.5, 0.6) is 0 Å². The molecule has 1 aromatic rings. The van der Waals surface area contributed by atoms with Crippen molar-refractivity contribution in [3.05, 3.63) is 17.8 Å². The molecule has 1 aliphatic rings. The van der Waals surface area contributed by atoms with Gasteiger partial charge in [-0.25, -0.2) is 4.98 Å². The normalized spacial score (nSPS) is 20.7. The molecule has 0 spiro atoms. The van der Waals surface area contributed by atoms with Gasteiger partial charge in [-0.1, -0.05) is 6.92 Å². The maximum absolute atomic E-state index is 8.96. The zero-order valence-corrected chi connectivity index (χ0v) is 10.9. The molecule has 1 aliphatic heterocycles. The van der Waals surface area contributed by atoms with Crippen molar-refractivity contribution in [1.82, 2.24) is 9.88 Å². The molecule has 1 fully saturated rings. The summed E-state index contributed by atoms with van der Waals surface area (Å²) in [7, 11) is 2.16. The Morgan fingerprint density at radius 1 is 1.50 bits per heavy atom. The van der Waals surface area contributed by atoms with Gasteiger partial charge in [0.15, 0.2) is 5.69 Å². The minimum atomic E-state index is 0.319. The summed E-state index contributed by atoms with van der Waals surface area (Å²) in [5, 5.41) is 8.96. The molecule has 2 rings (SSSR count). The van der Waals surface area contributed by atoms with Crippen LogP contribution in [0.4, 0.5) is 11.5 Å². The molecule has 2 heterocycles. The Kier molecular flexibility index (Phi) is 3.68. The third-order valence-electron chi connectivity index (χ3n) is 3.59. The Balaban J connectivity index is 2.20. The summed E-state index contributed by atoms with van der Waals surface area (Å²) < 4.78 is 0. The predicted octanol–water partition coefficient (Wildman–Crippen LogP) is 1.07. The SMILES string of the molecule is CCC1CN(c2ccc(N)c(C#N)n2)CCN1C. The van der Waals surface area contributed by atoms with E-state index >= 15 is 0 Å². The second-order valence-corrected chi connectivity index (χ2v) is 4.71. The summed E-state index contributed by atoms with van der Waals surface area (Å²) in [5.41, 5.74) is 6.46. The second-order valence-electron chi connectivity index (χ2n) is 4.71. The minimum Gasteiger partial charge on any atom is -0.396 e. The number of nitriles is 1. The highest BCUT2D eigenvalue weighted by atomic mass is 15.3. The van der Waals surface area contributed by atoms with Gasteiger partial charge in [-0.15, -0.1) is 0 Å². The van der Waals surface area contributed by atoms with E-state index in [1.54, 1.807) is 6.07 Å². The number of anilines is 2. The Morgan fingerprint density at radius 2 is 2.28 bits per heavy atom. The monoisotopic (exact) mass is 245 g/mol. The van der Waals surface area contributed by atoms with E-state index in [-0.39, 0.29) is 0 Å². The van der Waals surface area contributed by atoms with Gasteiger partial charge in [-0.2, -0.15) is 5.26 Å². The molecule has 5 heteroatoms. The maximum Gasteiger partial charge on any atom is 0.165 e. The van der Waals surface area contributed by atoms with Gasteiger partial charge in [-0.3, -0.25) is 4.90 Å². The van der Waals surface area contributed by atoms with Gasteiger partial charge in [0.1, 0.15) is 11.9 Å². The number of rotatable bonds is 2. The van der Waals surface area contributed by atoms with Crippen molar-refractivity contribution >= 4 is 11.5 Å². The fourth-order valence-corrected chi connectivity index (χ4v) is 2.32. The zero-order valence-electron chi connectivity index (χ0n) is 10.9. The molecule has 96 valence electrons. The highest BCUT2D eigenvalue weighted by Gasteiger charge is 2.23. The van der Waals surface area contributed by atoms with E-state index in [0.717, 1.165) is 31.9 Å². The molecular weight excluding hydrogens is 226 g/mol. The molecule has 18 heavy (non-hydrogen) atoms. The average Bonchev–Trinajstić information content (AvgIpc) is 2.40. The van der Waals surface area contributed by atoms with Crippen LogP contribution in [0.3, 0.4) is 0 Å². The molecule has 0 radical (unpaired) electrons. The molecule has 5 nitrogen and oxygen atoms in total. The van der Waals surface area contributed by atoms with Gasteiger partial charge < -0.3 is 10.6 Å². The van der Waals surface area contributed by atoms with Crippen molar-refractivity contribution in [2.75, 3.05) is 37.3 Å². The summed E-state index contributed by atoms with van der Waals surface area (Å²) >= 11 is 0. The molecular formula is C13H19N5. The van der Waals surface area contributed by atoms with Crippen LogP contribution in [-0.2, 0) is 0 Å². The first-order valence-corrected chi connectivity index (χ1v) is 6.27. The topological polar surface area (TPSA) is 69.2 Å². The van der Waals surface area contributed by atoms with Crippen LogP contribution in [-0.4, -0.2) is 42.6 Å². The fourth-order valence-electron chi connectivity index (χ4n) is 2.32. The molecule has 0 bridgehead atoms. The standard InChI is InChI=1S/C13H19N5/c1-3-10-9-18(7-6-17(10)2)13-5-4-11(15)12(8-14)16-13/h4-5,10H,3,6-7,9,15H2,1-2H3. The molecule has 1 atom stereocenters. The van der Waals surface area contributed by atoms with E-state index in [0.29, 0.717) is 17.4 Å². The Morgan fingerprint density at radius 3 is 2.94 bits per heavy atom. The van der Waals surface area contributed by atoms with Crippen molar-refractivity contribution in [2.45, 2.75) is 19.4 Å². The second kappa shape index (κ2) is 5.23. The minimum absolute atomic E-state index is 0.319. The largest absolute Gasteiger partial charge is 0.396 e. The molecule has 0 amide bonds. The zero-order chi connectivity index (χ0) is 13.1. The molecule has 1 saturated heterocycles. The third-order valence-corrected chi connectivity index (χ3v) is 3.59. The third kappa shape index (κ3) is 2.39. The number of nitrogens with zero attached hydrogens (tertiary/aromatic N) is 4. The lowest BCUT2D eigenvalue weighted by Gasteiger charge is -2.39. The van der Waals surface area contributed by atoms with Gasteiger partial charge >= 0.3 is 0 Å². The number of likely N-dealkylation sites (N-methyl/N-ethyl adjacent to an activating group) is 1. The van der Waals surface area contributed by atoms with Gasteiger partial charge in [0.05, 0.1) is 5.69 Å². The van der Waals surface area contributed by atoms with E-state index in [9.17, 15) is 0 Å². The Bertz CT molecular complexity index is 465. The van der Waals surface area contributed by atoms with Gasteiger partial charge in [0, 0.05) is 25.7 Å². The highest BCUT2D eigenvalue weighted by molar-refractivity contribution is 5.55. The smallest absolute Gasteiger partial charge is 0.165 e. The summed E-state index contributed by atoms with van der Waals surface area (Å²) in [5.74, 6) is 0.854. The number of hydrogen-bond donors (Lipinski definition) is 1. The van der Waals surface area contributed by atoms with Crippen molar-refractivity contribution in [3.63, 3.8) is 0 Å². The number of nitrogen functional groups attached to an aromatic ring is 1. The van der Waals surface area contributed by atoms with Crippen LogP contribution in [0.1, 0.15) is 19.0 Å². The lowest BCUT2D eigenvalue weighted by molar-refractivity contribution is 0.213. The molecule has 0 aromatic carbocycles. The fraction of sp³-hybridized carbons (Fsp3) is 0.538. The van der Waals surface area contributed by atoms with E-state index in [1.165, 1.54) is 0 Å². The summed E-state index contributed by atoms with van der Waals surface area (Å²) in [6, 6.07) is 6.24. The van der Waals surface area contributed by atoms with Crippen LogP contribution in [0.25, 0.3) is 0 Å². The van der Waals surface area contributed by atoms with Crippen LogP contribution >= 0.6 is 0 Å². The van der Waals surface area contributed by atoms with E-state index in [2.05, 4.69) is 28.8 Å². The average molecular weight is 245 g/mol. The van der Waals surface area contributed by atoms with Crippen LogP contribution < -0.4 is 10.6 Å². The number of aromatic nitrogens is 1. The first-order chi connectivity index (χ1) is 8.65. The molecule has 1 unspecified atom stereocenters. The Labute approximate surface area is 108 Å². The van der Waals surface area contributed by atoms with Crippen molar-refractivity contribution in [1.29, 1.82) is 5.26 Å². The van der Waals surface area contributed by atoms with Gasteiger partial charge in [0.2, 0.25) is 0 Å². The lowest BCUT2D eigenvalue weighted by Crippen LogP contribution is -2.51. The van der Waals surface area contributed by atoms with Crippen molar-refractivity contribution in [2.24, 2.45) is 0 Å². The molecule has 1 aromatic heterocycles. The lowest BCUT2D eigenvalue weighted by atomic mass is 10.1. The van der Waals surface area contributed by atoms with E-state index in [1.807, 2.05) is 12.1 Å².